The lowest BCUT2D eigenvalue weighted by molar-refractivity contribution is 0.192. The van der Waals surface area contributed by atoms with Crippen molar-refractivity contribution < 1.29 is 9.50 Å². The molecule has 0 aromatic carbocycles. The minimum Gasteiger partial charge on any atom is -0.396 e. The highest BCUT2D eigenvalue weighted by atomic mass is 19.1. The van der Waals surface area contributed by atoms with Gasteiger partial charge in [0.1, 0.15) is 5.67 Å². The zero-order valence-corrected chi connectivity index (χ0v) is 5.31. The van der Waals surface area contributed by atoms with Gasteiger partial charge in [0.05, 0.1) is 0 Å². The van der Waals surface area contributed by atoms with Crippen molar-refractivity contribution in [1.29, 1.82) is 0 Å². The van der Waals surface area contributed by atoms with Crippen LogP contribution in [-0.4, -0.2) is 17.4 Å². The maximum atomic E-state index is 13.2. The largest absolute Gasteiger partial charge is 0.396 e. The fourth-order valence-corrected chi connectivity index (χ4v) is 1.60. The van der Waals surface area contributed by atoms with Gasteiger partial charge in [0.25, 0.3) is 0 Å². The quantitative estimate of drug-likeness (QED) is 0.593. The van der Waals surface area contributed by atoms with E-state index in [2.05, 4.69) is 0 Å². The highest BCUT2D eigenvalue weighted by molar-refractivity contribution is 5.11. The number of hydrogen-bond donors (Lipinski definition) is 1. The zero-order valence-electron chi connectivity index (χ0n) is 5.31. The molecule has 0 saturated heterocycles. The third-order valence-electron chi connectivity index (χ3n) is 2.55. The van der Waals surface area contributed by atoms with Gasteiger partial charge in [0.2, 0.25) is 0 Å². The van der Waals surface area contributed by atoms with Crippen molar-refractivity contribution in [2.45, 2.75) is 24.9 Å². The van der Waals surface area contributed by atoms with E-state index < -0.39 is 5.67 Å². The van der Waals surface area contributed by atoms with Gasteiger partial charge in [-0.1, -0.05) is 0 Å². The molecule has 2 atom stereocenters. The minimum atomic E-state index is -0.922. The molecule has 9 heavy (non-hydrogen) atoms. The summed E-state index contributed by atoms with van der Waals surface area (Å²) in [5.74, 6) is 0.305. The Balaban J connectivity index is 1.95. The molecule has 0 spiro atoms. The summed E-state index contributed by atoms with van der Waals surface area (Å²) in [4.78, 5) is 0. The Kier molecular flexibility index (Phi) is 0.933. The van der Waals surface area contributed by atoms with Crippen molar-refractivity contribution in [1.82, 2.24) is 0 Å². The topological polar surface area (TPSA) is 20.2 Å². The summed E-state index contributed by atoms with van der Waals surface area (Å²) >= 11 is 0. The van der Waals surface area contributed by atoms with E-state index in [1.807, 2.05) is 0 Å². The maximum absolute atomic E-state index is 13.2. The number of hydrogen-bond acceptors (Lipinski definition) is 1. The van der Waals surface area contributed by atoms with Gasteiger partial charge >= 0.3 is 0 Å². The van der Waals surface area contributed by atoms with E-state index >= 15 is 0 Å². The molecule has 2 unspecified atom stereocenters. The van der Waals surface area contributed by atoms with E-state index in [1.54, 1.807) is 0 Å². The van der Waals surface area contributed by atoms with Gasteiger partial charge < -0.3 is 5.11 Å². The molecule has 2 saturated carbocycles. The second-order valence-electron chi connectivity index (χ2n) is 3.28. The van der Waals surface area contributed by atoms with Crippen molar-refractivity contribution in [3.05, 3.63) is 0 Å². The first-order chi connectivity index (χ1) is 4.27. The third-order valence-corrected chi connectivity index (χ3v) is 2.55. The van der Waals surface area contributed by atoms with Gasteiger partial charge in [0.15, 0.2) is 0 Å². The average Bonchev–Trinajstić information content (AvgIpc) is 2.54. The molecular formula is C7H11FO. The van der Waals surface area contributed by atoms with Gasteiger partial charge in [-0.2, -0.15) is 0 Å². The Hall–Kier alpha value is -0.110. The van der Waals surface area contributed by atoms with Crippen LogP contribution in [0.5, 0.6) is 0 Å². The average molecular weight is 130 g/mol. The van der Waals surface area contributed by atoms with E-state index in [-0.39, 0.29) is 12.5 Å². The lowest BCUT2D eigenvalue weighted by Crippen LogP contribution is -2.08. The normalized spacial score (nSPS) is 49.3. The molecule has 0 amide bonds. The maximum Gasteiger partial charge on any atom is 0.119 e. The number of aliphatic hydroxyl groups is 1. The van der Waals surface area contributed by atoms with Crippen LogP contribution in [0.15, 0.2) is 0 Å². The van der Waals surface area contributed by atoms with Crippen LogP contribution in [-0.2, 0) is 0 Å². The first kappa shape index (κ1) is 5.66. The van der Waals surface area contributed by atoms with Crippen molar-refractivity contribution in [2.24, 2.45) is 11.8 Å². The predicted octanol–water partition coefficient (Wildman–Crippen LogP) is 1.12. The standard InChI is InChI=1S/C7H11FO/c8-7(5-1-2-5)3-6(7)4-9/h5-6,9H,1-4H2. The van der Waals surface area contributed by atoms with Crippen LogP contribution < -0.4 is 0 Å². The van der Waals surface area contributed by atoms with Crippen LogP contribution in [0.4, 0.5) is 4.39 Å². The molecule has 0 aromatic rings. The molecule has 0 aromatic heterocycles. The fourth-order valence-electron chi connectivity index (χ4n) is 1.60. The van der Waals surface area contributed by atoms with Crippen molar-refractivity contribution >= 4 is 0 Å². The number of rotatable bonds is 2. The fraction of sp³-hybridized carbons (Fsp3) is 1.00. The molecule has 0 bridgehead atoms. The highest BCUT2D eigenvalue weighted by Crippen LogP contribution is 2.60. The summed E-state index contributed by atoms with van der Waals surface area (Å²) < 4.78 is 13.2. The van der Waals surface area contributed by atoms with E-state index in [9.17, 15) is 4.39 Å². The van der Waals surface area contributed by atoms with Crippen LogP contribution in [0.2, 0.25) is 0 Å². The smallest absolute Gasteiger partial charge is 0.119 e. The van der Waals surface area contributed by atoms with E-state index in [1.165, 1.54) is 0 Å². The van der Waals surface area contributed by atoms with Gasteiger partial charge in [-0.15, -0.1) is 0 Å². The van der Waals surface area contributed by atoms with Crippen molar-refractivity contribution in [3.8, 4) is 0 Å². The summed E-state index contributed by atoms with van der Waals surface area (Å²) in [5, 5.41) is 8.58. The Morgan fingerprint density at radius 1 is 1.56 bits per heavy atom. The number of alkyl halides is 1. The Labute approximate surface area is 53.9 Å². The Morgan fingerprint density at radius 2 is 2.22 bits per heavy atom. The van der Waals surface area contributed by atoms with Crippen LogP contribution in [0.1, 0.15) is 19.3 Å². The molecule has 1 N–H and O–H groups in total. The van der Waals surface area contributed by atoms with Crippen LogP contribution in [0.25, 0.3) is 0 Å². The lowest BCUT2D eigenvalue weighted by Gasteiger charge is -2.00. The molecule has 1 nitrogen and oxygen atoms in total. The molecular weight excluding hydrogens is 119 g/mol. The lowest BCUT2D eigenvalue weighted by atomic mass is 10.2. The second kappa shape index (κ2) is 1.48. The molecule has 2 heteroatoms. The van der Waals surface area contributed by atoms with Gasteiger partial charge in [-0.05, 0) is 25.2 Å². The summed E-state index contributed by atoms with van der Waals surface area (Å²) in [6.07, 6.45) is 2.72. The van der Waals surface area contributed by atoms with Gasteiger partial charge in [-0.25, -0.2) is 4.39 Å². The summed E-state index contributed by atoms with van der Waals surface area (Å²) in [6, 6.07) is 0. The third kappa shape index (κ3) is 0.692. The summed E-state index contributed by atoms with van der Waals surface area (Å²) in [5.41, 5.74) is -0.922. The zero-order chi connectivity index (χ0) is 6.48. The van der Waals surface area contributed by atoms with Crippen LogP contribution in [0, 0.1) is 11.8 Å². The Bertz CT molecular complexity index is 133. The van der Waals surface area contributed by atoms with Crippen LogP contribution in [0.3, 0.4) is 0 Å². The molecule has 0 aliphatic heterocycles. The first-order valence-electron chi connectivity index (χ1n) is 3.57. The summed E-state index contributed by atoms with van der Waals surface area (Å²) in [7, 11) is 0. The molecule has 52 valence electrons. The van der Waals surface area contributed by atoms with E-state index in [0.29, 0.717) is 12.3 Å². The van der Waals surface area contributed by atoms with E-state index in [4.69, 9.17) is 5.11 Å². The highest BCUT2D eigenvalue weighted by Gasteiger charge is 2.62. The SMILES string of the molecule is OCC1CC1(F)C1CC1. The molecule has 2 aliphatic rings. The number of halogens is 1. The van der Waals surface area contributed by atoms with Gasteiger partial charge in [-0.3, -0.25) is 0 Å². The predicted molar refractivity (Wildman–Crippen MR) is 31.8 cm³/mol. The molecule has 2 aliphatic carbocycles. The van der Waals surface area contributed by atoms with Crippen molar-refractivity contribution in [3.63, 3.8) is 0 Å². The second-order valence-corrected chi connectivity index (χ2v) is 3.28. The van der Waals surface area contributed by atoms with Crippen LogP contribution >= 0.6 is 0 Å². The molecule has 0 radical (unpaired) electrons. The summed E-state index contributed by atoms with van der Waals surface area (Å²) in [6.45, 7) is 0.0486. The molecule has 0 heterocycles. The van der Waals surface area contributed by atoms with Crippen molar-refractivity contribution in [2.75, 3.05) is 6.61 Å². The first-order valence-corrected chi connectivity index (χ1v) is 3.57. The molecule has 2 fully saturated rings. The Morgan fingerprint density at radius 3 is 2.56 bits per heavy atom. The molecule has 2 rings (SSSR count). The number of aliphatic hydroxyl groups excluding tert-OH is 1. The monoisotopic (exact) mass is 130 g/mol. The minimum absolute atomic E-state index is 0.00926. The van der Waals surface area contributed by atoms with E-state index in [0.717, 1.165) is 12.8 Å². The van der Waals surface area contributed by atoms with Gasteiger partial charge in [0, 0.05) is 12.5 Å².